The van der Waals surface area contributed by atoms with Crippen molar-refractivity contribution < 1.29 is 19.0 Å². The summed E-state index contributed by atoms with van der Waals surface area (Å²) < 4.78 is 16.9. The Bertz CT molecular complexity index is 404. The Kier molecular flexibility index (Phi) is 4.79. The number of carboxylic acid groups (broad SMARTS) is 1. The number of carbonyl (C=O) groups is 1. The van der Waals surface area contributed by atoms with E-state index in [0.717, 1.165) is 6.08 Å². The highest BCUT2D eigenvalue weighted by molar-refractivity contribution is 6.32. The molecule has 0 radical (unpaired) electrons. The normalized spacial score (nSPS) is 10.6. The van der Waals surface area contributed by atoms with Crippen molar-refractivity contribution in [1.82, 2.24) is 0 Å². The van der Waals surface area contributed by atoms with Crippen LogP contribution in [0.2, 0.25) is 5.02 Å². The van der Waals surface area contributed by atoms with Crippen LogP contribution < -0.4 is 4.74 Å². The summed E-state index contributed by atoms with van der Waals surface area (Å²) in [5.41, 5.74) is 0.639. The summed E-state index contributed by atoms with van der Waals surface area (Å²) in [5.74, 6) is -0.652. The number of carboxylic acids is 1. The fraction of sp³-hybridized carbons (Fsp3) is 0.182. The molecule has 1 N–H and O–H groups in total. The standard InChI is InChI=1S/C11H10ClFO3/c12-9-7-8(2-4-11(14)15)1-3-10(9)16-6-5-13/h1-4,7H,5-6H2,(H,14,15)/b4-2+. The molecule has 1 rings (SSSR count). The third kappa shape index (κ3) is 3.90. The van der Waals surface area contributed by atoms with E-state index in [9.17, 15) is 9.18 Å². The average molecular weight is 245 g/mol. The number of halogens is 2. The molecule has 0 spiro atoms. The molecule has 1 aromatic rings. The van der Waals surface area contributed by atoms with E-state index in [1.165, 1.54) is 6.08 Å². The Labute approximate surface area is 97.1 Å². The zero-order valence-corrected chi connectivity index (χ0v) is 9.08. The Balaban J connectivity index is 2.78. The first-order valence-electron chi connectivity index (χ1n) is 4.53. The summed E-state index contributed by atoms with van der Waals surface area (Å²) >= 11 is 5.85. The van der Waals surface area contributed by atoms with E-state index < -0.39 is 12.6 Å². The molecule has 0 saturated carbocycles. The second-order valence-corrected chi connectivity index (χ2v) is 3.31. The van der Waals surface area contributed by atoms with Gasteiger partial charge in [-0.05, 0) is 23.8 Å². The van der Waals surface area contributed by atoms with Gasteiger partial charge in [-0.25, -0.2) is 9.18 Å². The maximum atomic E-state index is 11.9. The first-order valence-corrected chi connectivity index (χ1v) is 4.90. The summed E-state index contributed by atoms with van der Waals surface area (Å²) in [4.78, 5) is 10.3. The Morgan fingerprint density at radius 3 is 2.88 bits per heavy atom. The van der Waals surface area contributed by atoms with Crippen molar-refractivity contribution in [2.75, 3.05) is 13.3 Å². The van der Waals surface area contributed by atoms with Crippen LogP contribution in [0.4, 0.5) is 4.39 Å². The lowest BCUT2D eigenvalue weighted by Crippen LogP contribution is -1.99. The maximum absolute atomic E-state index is 11.9. The van der Waals surface area contributed by atoms with Gasteiger partial charge in [0.05, 0.1) is 5.02 Å². The third-order valence-corrected chi connectivity index (χ3v) is 2.00. The van der Waals surface area contributed by atoms with Crippen LogP contribution in [0.15, 0.2) is 24.3 Å². The van der Waals surface area contributed by atoms with Crippen molar-refractivity contribution in [2.24, 2.45) is 0 Å². The minimum Gasteiger partial charge on any atom is -0.489 e. The van der Waals surface area contributed by atoms with Gasteiger partial charge in [0.2, 0.25) is 0 Å². The van der Waals surface area contributed by atoms with E-state index in [1.54, 1.807) is 18.2 Å². The second kappa shape index (κ2) is 6.12. The number of ether oxygens (including phenoxy) is 1. The van der Waals surface area contributed by atoms with Crippen LogP contribution in [0.1, 0.15) is 5.56 Å². The lowest BCUT2D eigenvalue weighted by atomic mass is 10.2. The molecule has 5 heteroatoms. The van der Waals surface area contributed by atoms with E-state index in [4.69, 9.17) is 21.4 Å². The summed E-state index contributed by atoms with van der Waals surface area (Å²) in [7, 11) is 0. The van der Waals surface area contributed by atoms with Gasteiger partial charge >= 0.3 is 5.97 Å². The molecule has 3 nitrogen and oxygen atoms in total. The van der Waals surface area contributed by atoms with Gasteiger partial charge in [0.25, 0.3) is 0 Å². The molecule has 0 fully saturated rings. The first kappa shape index (κ1) is 12.5. The van der Waals surface area contributed by atoms with Gasteiger partial charge in [-0.1, -0.05) is 17.7 Å². The van der Waals surface area contributed by atoms with Crippen molar-refractivity contribution in [3.63, 3.8) is 0 Å². The van der Waals surface area contributed by atoms with Gasteiger partial charge in [0.1, 0.15) is 19.0 Å². The fourth-order valence-electron chi connectivity index (χ4n) is 1.05. The third-order valence-electron chi connectivity index (χ3n) is 1.71. The van der Waals surface area contributed by atoms with Crippen LogP contribution in [0.5, 0.6) is 5.75 Å². The maximum Gasteiger partial charge on any atom is 0.328 e. The highest BCUT2D eigenvalue weighted by Gasteiger charge is 2.01. The van der Waals surface area contributed by atoms with Crippen molar-refractivity contribution in [3.8, 4) is 5.75 Å². The van der Waals surface area contributed by atoms with Crippen LogP contribution in [0.25, 0.3) is 6.08 Å². The monoisotopic (exact) mass is 244 g/mol. The van der Waals surface area contributed by atoms with Crippen LogP contribution >= 0.6 is 11.6 Å². The molecule has 0 amide bonds. The molecule has 0 aliphatic heterocycles. The van der Waals surface area contributed by atoms with Gasteiger partial charge in [-0.3, -0.25) is 0 Å². The summed E-state index contributed by atoms with van der Waals surface area (Å²) in [5, 5.41) is 8.75. The quantitative estimate of drug-likeness (QED) is 0.810. The molecule has 1 aromatic carbocycles. The predicted octanol–water partition coefficient (Wildman–Crippen LogP) is 2.79. The van der Waals surface area contributed by atoms with Crippen molar-refractivity contribution >= 4 is 23.6 Å². The average Bonchev–Trinajstić information content (AvgIpc) is 2.25. The van der Waals surface area contributed by atoms with Crippen molar-refractivity contribution in [3.05, 3.63) is 34.9 Å². The van der Waals surface area contributed by atoms with E-state index in [-0.39, 0.29) is 6.61 Å². The predicted molar refractivity (Wildman–Crippen MR) is 59.6 cm³/mol. The molecule has 86 valence electrons. The molecule has 0 aromatic heterocycles. The van der Waals surface area contributed by atoms with Gasteiger partial charge in [0.15, 0.2) is 0 Å². The number of benzene rings is 1. The van der Waals surface area contributed by atoms with Crippen molar-refractivity contribution in [2.45, 2.75) is 0 Å². The molecule has 0 aliphatic carbocycles. The Hall–Kier alpha value is -1.55. The Morgan fingerprint density at radius 2 is 2.31 bits per heavy atom. The molecule has 0 bridgehead atoms. The van der Waals surface area contributed by atoms with Crippen LogP contribution in [-0.4, -0.2) is 24.4 Å². The van der Waals surface area contributed by atoms with E-state index >= 15 is 0 Å². The lowest BCUT2D eigenvalue weighted by Gasteiger charge is -2.06. The molecular weight excluding hydrogens is 235 g/mol. The number of alkyl halides is 1. The fourth-order valence-corrected chi connectivity index (χ4v) is 1.30. The summed E-state index contributed by atoms with van der Waals surface area (Å²) in [6.07, 6.45) is 2.42. The second-order valence-electron chi connectivity index (χ2n) is 2.90. The van der Waals surface area contributed by atoms with E-state index in [0.29, 0.717) is 16.3 Å². The zero-order chi connectivity index (χ0) is 12.0. The van der Waals surface area contributed by atoms with Crippen LogP contribution in [-0.2, 0) is 4.79 Å². The molecule has 0 aliphatic rings. The van der Waals surface area contributed by atoms with Gasteiger partial charge in [0, 0.05) is 6.08 Å². The van der Waals surface area contributed by atoms with Gasteiger partial charge in [-0.2, -0.15) is 0 Å². The highest BCUT2D eigenvalue weighted by atomic mass is 35.5. The largest absolute Gasteiger partial charge is 0.489 e. The minimum atomic E-state index is -1.03. The molecule has 0 atom stereocenters. The van der Waals surface area contributed by atoms with Gasteiger partial charge in [-0.15, -0.1) is 0 Å². The van der Waals surface area contributed by atoms with E-state index in [1.807, 2.05) is 0 Å². The number of hydrogen-bond donors (Lipinski definition) is 1. The topological polar surface area (TPSA) is 46.5 Å². The SMILES string of the molecule is O=C(O)/C=C/c1ccc(OCCF)c(Cl)c1. The molecular formula is C11H10ClFO3. The van der Waals surface area contributed by atoms with Crippen LogP contribution in [0, 0.1) is 0 Å². The minimum absolute atomic E-state index is 0.0516. The number of rotatable bonds is 5. The number of aliphatic carboxylic acids is 1. The molecule has 16 heavy (non-hydrogen) atoms. The molecule has 0 unspecified atom stereocenters. The summed E-state index contributed by atoms with van der Waals surface area (Å²) in [6.45, 7) is -0.638. The lowest BCUT2D eigenvalue weighted by molar-refractivity contribution is -0.131. The van der Waals surface area contributed by atoms with Gasteiger partial charge < -0.3 is 9.84 Å². The number of hydrogen-bond acceptors (Lipinski definition) is 2. The Morgan fingerprint density at radius 1 is 1.56 bits per heavy atom. The molecule has 0 saturated heterocycles. The first-order chi connectivity index (χ1) is 7.63. The summed E-state index contributed by atoms with van der Waals surface area (Å²) in [6, 6.07) is 4.76. The van der Waals surface area contributed by atoms with E-state index in [2.05, 4.69) is 0 Å². The smallest absolute Gasteiger partial charge is 0.328 e. The highest BCUT2D eigenvalue weighted by Crippen LogP contribution is 2.25. The van der Waals surface area contributed by atoms with Crippen molar-refractivity contribution in [1.29, 1.82) is 0 Å². The van der Waals surface area contributed by atoms with Crippen LogP contribution in [0.3, 0.4) is 0 Å². The zero-order valence-electron chi connectivity index (χ0n) is 8.32. The molecule has 0 heterocycles.